The lowest BCUT2D eigenvalue weighted by molar-refractivity contribution is 0.101. The maximum atomic E-state index is 12.1. The zero-order valence-electron chi connectivity index (χ0n) is 17.7. The second kappa shape index (κ2) is 9.37. The van der Waals surface area contributed by atoms with Gasteiger partial charge in [0.05, 0.1) is 0 Å². The van der Waals surface area contributed by atoms with E-state index in [4.69, 9.17) is 4.74 Å². The van der Waals surface area contributed by atoms with Crippen LogP contribution in [0.2, 0.25) is 0 Å². The van der Waals surface area contributed by atoms with Crippen molar-refractivity contribution in [1.82, 2.24) is 0 Å². The molecule has 0 aliphatic rings. The van der Waals surface area contributed by atoms with Gasteiger partial charge in [-0.05, 0) is 37.2 Å². The van der Waals surface area contributed by atoms with Gasteiger partial charge in [-0.15, -0.1) is 0 Å². The van der Waals surface area contributed by atoms with Gasteiger partial charge in [0, 0.05) is 16.3 Å². The molecule has 0 amide bonds. The largest absolute Gasteiger partial charge is 0.489 e. The van der Waals surface area contributed by atoms with Crippen LogP contribution in [0.4, 0.5) is 0 Å². The molecular formula is C26H29O2P. The summed E-state index contributed by atoms with van der Waals surface area (Å²) >= 11 is 0. The Morgan fingerprint density at radius 1 is 1.00 bits per heavy atom. The highest BCUT2D eigenvalue weighted by molar-refractivity contribution is 7.48. The highest BCUT2D eigenvalue weighted by Crippen LogP contribution is 2.48. The molecule has 0 aromatic heterocycles. The summed E-state index contributed by atoms with van der Waals surface area (Å²) in [5.74, 6) is 1.05. The van der Waals surface area contributed by atoms with Crippen molar-refractivity contribution in [3.8, 4) is 5.75 Å². The Hall–Kier alpha value is -2.44. The molecule has 0 fully saturated rings. The highest BCUT2D eigenvalue weighted by atomic mass is 31.1. The minimum atomic E-state index is -0.108. The highest BCUT2D eigenvalue weighted by Gasteiger charge is 2.30. The first-order chi connectivity index (χ1) is 13.9. The Balaban J connectivity index is 1.95. The molecule has 2 unspecified atom stereocenters. The molecule has 0 bridgehead atoms. The van der Waals surface area contributed by atoms with Crippen LogP contribution in [0.1, 0.15) is 54.2 Å². The van der Waals surface area contributed by atoms with E-state index in [1.54, 1.807) is 6.92 Å². The topological polar surface area (TPSA) is 26.3 Å². The van der Waals surface area contributed by atoms with Crippen LogP contribution in [0.25, 0.3) is 0 Å². The molecular weight excluding hydrogens is 375 g/mol. The zero-order chi connectivity index (χ0) is 20.9. The van der Waals surface area contributed by atoms with Crippen molar-refractivity contribution in [1.29, 1.82) is 0 Å². The van der Waals surface area contributed by atoms with Crippen LogP contribution in [0.3, 0.4) is 0 Å². The number of aryl methyl sites for hydroxylation is 1. The standard InChI is InChI=1S/C26H29O2P/c1-5-26(4,29-25-14-10-9-13-22(25)20(3)27)23-17-19(2)15-16-24(23)28-18-21-11-7-6-8-12-21/h6-17,29H,5,18H2,1-4H3. The first kappa shape index (κ1) is 21.3. The second-order valence-corrected chi connectivity index (χ2v) is 9.58. The summed E-state index contributed by atoms with van der Waals surface area (Å²) in [5, 5.41) is 1.02. The van der Waals surface area contributed by atoms with Gasteiger partial charge in [-0.25, -0.2) is 0 Å². The Morgan fingerprint density at radius 3 is 2.38 bits per heavy atom. The Labute approximate surface area is 176 Å². The van der Waals surface area contributed by atoms with Crippen LogP contribution in [-0.4, -0.2) is 5.78 Å². The van der Waals surface area contributed by atoms with Crippen LogP contribution in [0.5, 0.6) is 5.75 Å². The lowest BCUT2D eigenvalue weighted by Crippen LogP contribution is -2.22. The second-order valence-electron chi connectivity index (χ2n) is 7.69. The molecule has 3 aromatic rings. The molecule has 2 atom stereocenters. The van der Waals surface area contributed by atoms with Crippen molar-refractivity contribution in [2.45, 2.75) is 45.9 Å². The SMILES string of the molecule is CCC(C)(Pc1ccccc1C(C)=O)c1cc(C)ccc1OCc1ccccc1. The van der Waals surface area contributed by atoms with Crippen molar-refractivity contribution in [3.05, 3.63) is 95.1 Å². The molecule has 0 spiro atoms. The van der Waals surface area contributed by atoms with Crippen molar-refractivity contribution in [3.63, 3.8) is 0 Å². The van der Waals surface area contributed by atoms with E-state index in [1.165, 1.54) is 11.1 Å². The van der Waals surface area contributed by atoms with Crippen LogP contribution >= 0.6 is 8.58 Å². The monoisotopic (exact) mass is 404 g/mol. The zero-order valence-corrected chi connectivity index (χ0v) is 18.7. The number of rotatable bonds is 8. The molecule has 3 heteroatoms. The lowest BCUT2D eigenvalue weighted by Gasteiger charge is -2.32. The molecule has 0 radical (unpaired) electrons. The fourth-order valence-corrected chi connectivity index (χ4v) is 5.15. The summed E-state index contributed by atoms with van der Waals surface area (Å²) in [6.07, 6.45) is 0.961. The maximum absolute atomic E-state index is 12.1. The fourth-order valence-electron chi connectivity index (χ4n) is 3.48. The van der Waals surface area contributed by atoms with E-state index in [-0.39, 0.29) is 10.9 Å². The summed E-state index contributed by atoms with van der Waals surface area (Å²) in [6.45, 7) is 8.81. The molecule has 0 aliphatic heterocycles. The van der Waals surface area contributed by atoms with Crippen molar-refractivity contribution in [2.24, 2.45) is 0 Å². The predicted octanol–water partition coefficient (Wildman–Crippen LogP) is 6.41. The first-order valence-corrected chi connectivity index (χ1v) is 11.1. The van der Waals surface area contributed by atoms with E-state index < -0.39 is 0 Å². The first-order valence-electron chi connectivity index (χ1n) is 10.1. The van der Waals surface area contributed by atoms with Crippen molar-refractivity contribution >= 4 is 19.7 Å². The number of carbonyl (C=O) groups is 1. The van der Waals surface area contributed by atoms with Gasteiger partial charge < -0.3 is 4.74 Å². The van der Waals surface area contributed by atoms with Crippen LogP contribution in [0, 0.1) is 6.92 Å². The molecule has 150 valence electrons. The molecule has 0 saturated heterocycles. The minimum Gasteiger partial charge on any atom is -0.489 e. The number of carbonyl (C=O) groups excluding carboxylic acids is 1. The summed E-state index contributed by atoms with van der Waals surface area (Å²) < 4.78 is 6.28. The third kappa shape index (κ3) is 5.14. The van der Waals surface area contributed by atoms with E-state index in [0.29, 0.717) is 15.2 Å². The summed E-state index contributed by atoms with van der Waals surface area (Å²) in [5.41, 5.74) is 4.41. The quantitative estimate of drug-likeness (QED) is 0.320. The number of benzene rings is 3. The van der Waals surface area contributed by atoms with Crippen molar-refractivity contribution in [2.75, 3.05) is 0 Å². The van der Waals surface area contributed by atoms with Gasteiger partial charge in [0.15, 0.2) is 5.78 Å². The molecule has 3 rings (SSSR count). The Bertz CT molecular complexity index is 981. The Kier molecular flexibility index (Phi) is 6.87. The van der Waals surface area contributed by atoms with E-state index in [2.05, 4.69) is 57.2 Å². The van der Waals surface area contributed by atoms with Gasteiger partial charge in [-0.3, -0.25) is 4.79 Å². The van der Waals surface area contributed by atoms with Gasteiger partial charge in [0.1, 0.15) is 12.4 Å². The summed E-state index contributed by atoms with van der Waals surface area (Å²) in [6, 6.07) is 24.7. The number of Topliss-reactive ketones (excluding diaryl/α,β-unsaturated/α-hetero) is 1. The normalized spacial score (nSPS) is 13.4. The number of hydrogen-bond donors (Lipinski definition) is 0. The fraction of sp³-hybridized carbons (Fsp3) is 0.269. The average Bonchev–Trinajstić information content (AvgIpc) is 2.73. The molecule has 0 N–H and O–H groups in total. The third-order valence-electron chi connectivity index (χ3n) is 5.39. The molecule has 0 aliphatic carbocycles. The summed E-state index contributed by atoms with van der Waals surface area (Å²) in [7, 11) is 0.480. The van der Waals surface area contributed by atoms with E-state index in [0.717, 1.165) is 28.6 Å². The van der Waals surface area contributed by atoms with Gasteiger partial charge in [-0.2, -0.15) is 0 Å². The number of ketones is 1. The average molecular weight is 404 g/mol. The third-order valence-corrected chi connectivity index (χ3v) is 7.27. The van der Waals surface area contributed by atoms with Gasteiger partial charge in [0.25, 0.3) is 0 Å². The van der Waals surface area contributed by atoms with Gasteiger partial charge in [-0.1, -0.05) is 94.7 Å². The lowest BCUT2D eigenvalue weighted by atomic mass is 9.95. The van der Waals surface area contributed by atoms with E-state index >= 15 is 0 Å². The molecule has 29 heavy (non-hydrogen) atoms. The van der Waals surface area contributed by atoms with Crippen LogP contribution < -0.4 is 10.0 Å². The molecule has 0 heterocycles. The van der Waals surface area contributed by atoms with E-state index in [9.17, 15) is 4.79 Å². The van der Waals surface area contributed by atoms with Gasteiger partial charge >= 0.3 is 0 Å². The van der Waals surface area contributed by atoms with Gasteiger partial charge in [0.2, 0.25) is 0 Å². The maximum Gasteiger partial charge on any atom is 0.160 e. The number of hydrogen-bond acceptors (Lipinski definition) is 2. The van der Waals surface area contributed by atoms with Crippen molar-refractivity contribution < 1.29 is 9.53 Å². The minimum absolute atomic E-state index is 0.108. The molecule has 2 nitrogen and oxygen atoms in total. The van der Waals surface area contributed by atoms with Crippen LogP contribution in [-0.2, 0) is 11.8 Å². The molecule has 3 aromatic carbocycles. The van der Waals surface area contributed by atoms with E-state index in [1.807, 2.05) is 36.4 Å². The Morgan fingerprint density at radius 2 is 1.69 bits per heavy atom. The smallest absolute Gasteiger partial charge is 0.160 e. The predicted molar refractivity (Wildman–Crippen MR) is 124 cm³/mol. The van der Waals surface area contributed by atoms with Crippen LogP contribution in [0.15, 0.2) is 72.8 Å². The summed E-state index contributed by atoms with van der Waals surface area (Å²) in [4.78, 5) is 12.1. The molecule has 0 saturated carbocycles. The number of ether oxygens (including phenoxy) is 1.